The first-order chi connectivity index (χ1) is 10.3. The molecule has 110 valence electrons. The zero-order chi connectivity index (χ0) is 14.7. The molecule has 2 aromatic rings. The SMILES string of the molecule is COc1ccc(CC2CCN(C(=O)c3cn[nH]c3)C2)cc1. The number of H-pyrrole nitrogens is 1. The molecular formula is C16H19N3O2. The van der Waals surface area contributed by atoms with E-state index in [4.69, 9.17) is 4.74 Å². The first kappa shape index (κ1) is 13.7. The van der Waals surface area contributed by atoms with E-state index in [1.54, 1.807) is 19.5 Å². The van der Waals surface area contributed by atoms with Gasteiger partial charge in [-0.3, -0.25) is 9.89 Å². The third kappa shape index (κ3) is 3.07. The van der Waals surface area contributed by atoms with Crippen molar-refractivity contribution in [1.29, 1.82) is 0 Å². The summed E-state index contributed by atoms with van der Waals surface area (Å²) in [5.41, 5.74) is 1.93. The largest absolute Gasteiger partial charge is 0.497 e. The van der Waals surface area contributed by atoms with Crippen LogP contribution in [0.1, 0.15) is 22.3 Å². The lowest BCUT2D eigenvalue weighted by atomic mass is 9.99. The van der Waals surface area contributed by atoms with Gasteiger partial charge in [0.1, 0.15) is 5.75 Å². The number of benzene rings is 1. The average Bonchev–Trinajstić information content (AvgIpc) is 3.19. The number of methoxy groups -OCH3 is 1. The molecule has 1 aromatic carbocycles. The number of aromatic amines is 1. The van der Waals surface area contributed by atoms with Crippen LogP contribution in [-0.4, -0.2) is 41.2 Å². The molecule has 1 aliphatic rings. The van der Waals surface area contributed by atoms with Gasteiger partial charge in [-0.05, 0) is 36.5 Å². The van der Waals surface area contributed by atoms with Crippen LogP contribution in [0.3, 0.4) is 0 Å². The number of nitrogens with zero attached hydrogens (tertiary/aromatic N) is 2. The van der Waals surface area contributed by atoms with Gasteiger partial charge in [0, 0.05) is 19.3 Å². The van der Waals surface area contributed by atoms with Gasteiger partial charge < -0.3 is 9.64 Å². The fourth-order valence-corrected chi connectivity index (χ4v) is 2.83. The number of nitrogens with one attached hydrogen (secondary N) is 1. The van der Waals surface area contributed by atoms with Gasteiger partial charge in [0.2, 0.25) is 0 Å². The van der Waals surface area contributed by atoms with Gasteiger partial charge in [-0.2, -0.15) is 5.10 Å². The second-order valence-corrected chi connectivity index (χ2v) is 5.45. The van der Waals surface area contributed by atoms with Crippen molar-refractivity contribution in [1.82, 2.24) is 15.1 Å². The Bertz CT molecular complexity index is 592. The number of hydrogen-bond donors (Lipinski definition) is 1. The predicted octanol–water partition coefficient (Wildman–Crippen LogP) is 2.12. The van der Waals surface area contributed by atoms with Gasteiger partial charge >= 0.3 is 0 Å². The van der Waals surface area contributed by atoms with Crippen LogP contribution in [0.15, 0.2) is 36.7 Å². The molecular weight excluding hydrogens is 266 g/mol. The summed E-state index contributed by atoms with van der Waals surface area (Å²) in [6.07, 6.45) is 5.28. The number of ether oxygens (including phenoxy) is 1. The Kier molecular flexibility index (Phi) is 3.90. The normalized spacial score (nSPS) is 18.0. The van der Waals surface area contributed by atoms with E-state index in [2.05, 4.69) is 22.3 Å². The van der Waals surface area contributed by atoms with Crippen molar-refractivity contribution in [2.24, 2.45) is 5.92 Å². The number of likely N-dealkylation sites (tertiary alicyclic amines) is 1. The van der Waals surface area contributed by atoms with Gasteiger partial charge in [0.25, 0.3) is 5.91 Å². The molecule has 1 fully saturated rings. The first-order valence-corrected chi connectivity index (χ1v) is 7.17. The summed E-state index contributed by atoms with van der Waals surface area (Å²) in [6.45, 7) is 1.64. The molecule has 3 rings (SSSR count). The van der Waals surface area contributed by atoms with Crippen LogP contribution in [0.4, 0.5) is 0 Å². The van der Waals surface area contributed by atoms with Crippen LogP contribution in [0, 0.1) is 5.92 Å². The third-order valence-corrected chi connectivity index (χ3v) is 4.00. The van der Waals surface area contributed by atoms with Crippen molar-refractivity contribution in [3.8, 4) is 5.75 Å². The fraction of sp³-hybridized carbons (Fsp3) is 0.375. The van der Waals surface area contributed by atoms with E-state index >= 15 is 0 Å². The number of hydrogen-bond acceptors (Lipinski definition) is 3. The summed E-state index contributed by atoms with van der Waals surface area (Å²) in [5, 5.41) is 6.52. The minimum Gasteiger partial charge on any atom is -0.497 e. The lowest BCUT2D eigenvalue weighted by Crippen LogP contribution is -2.28. The molecule has 21 heavy (non-hydrogen) atoms. The second kappa shape index (κ2) is 5.99. The molecule has 5 heteroatoms. The van der Waals surface area contributed by atoms with Crippen LogP contribution in [-0.2, 0) is 6.42 Å². The summed E-state index contributed by atoms with van der Waals surface area (Å²) < 4.78 is 5.17. The maximum atomic E-state index is 12.2. The Morgan fingerprint density at radius 3 is 2.90 bits per heavy atom. The molecule has 0 aliphatic carbocycles. The molecule has 1 N–H and O–H groups in total. The van der Waals surface area contributed by atoms with Crippen LogP contribution in [0.25, 0.3) is 0 Å². The summed E-state index contributed by atoms with van der Waals surface area (Å²) in [4.78, 5) is 14.2. The van der Waals surface area contributed by atoms with E-state index < -0.39 is 0 Å². The number of carbonyl (C=O) groups excluding carboxylic acids is 1. The first-order valence-electron chi connectivity index (χ1n) is 7.17. The van der Waals surface area contributed by atoms with Crippen molar-refractivity contribution in [3.05, 3.63) is 47.8 Å². The van der Waals surface area contributed by atoms with Gasteiger partial charge in [-0.25, -0.2) is 0 Å². The Labute approximate surface area is 123 Å². The molecule has 0 saturated carbocycles. The summed E-state index contributed by atoms with van der Waals surface area (Å²) in [5.74, 6) is 1.47. The average molecular weight is 285 g/mol. The van der Waals surface area contributed by atoms with Crippen molar-refractivity contribution in [2.45, 2.75) is 12.8 Å². The van der Waals surface area contributed by atoms with Crippen LogP contribution < -0.4 is 4.74 Å². The number of amides is 1. The highest BCUT2D eigenvalue weighted by atomic mass is 16.5. The highest BCUT2D eigenvalue weighted by Gasteiger charge is 2.27. The zero-order valence-electron chi connectivity index (χ0n) is 12.1. The van der Waals surface area contributed by atoms with Gasteiger partial charge in [0.05, 0.1) is 18.9 Å². The highest BCUT2D eigenvalue weighted by Crippen LogP contribution is 2.23. The Morgan fingerprint density at radius 2 is 2.24 bits per heavy atom. The minimum absolute atomic E-state index is 0.0704. The van der Waals surface area contributed by atoms with Crippen molar-refractivity contribution in [3.63, 3.8) is 0 Å². The van der Waals surface area contributed by atoms with Crippen molar-refractivity contribution in [2.75, 3.05) is 20.2 Å². The molecule has 0 spiro atoms. The summed E-state index contributed by atoms with van der Waals surface area (Å²) in [6, 6.07) is 8.16. The third-order valence-electron chi connectivity index (χ3n) is 4.00. The van der Waals surface area contributed by atoms with Gasteiger partial charge in [-0.1, -0.05) is 12.1 Å². The van der Waals surface area contributed by atoms with Crippen molar-refractivity contribution >= 4 is 5.91 Å². The lowest BCUT2D eigenvalue weighted by Gasteiger charge is -2.15. The molecule has 1 aliphatic heterocycles. The molecule has 1 amide bonds. The quantitative estimate of drug-likeness (QED) is 0.936. The van der Waals surface area contributed by atoms with Crippen LogP contribution in [0.5, 0.6) is 5.75 Å². The second-order valence-electron chi connectivity index (χ2n) is 5.45. The number of carbonyl (C=O) groups is 1. The number of rotatable bonds is 4. The topological polar surface area (TPSA) is 58.2 Å². The lowest BCUT2D eigenvalue weighted by molar-refractivity contribution is 0.0787. The van der Waals surface area contributed by atoms with Crippen LogP contribution in [0.2, 0.25) is 0 Å². The Balaban J connectivity index is 1.58. The molecule has 2 heterocycles. The van der Waals surface area contributed by atoms with E-state index in [-0.39, 0.29) is 5.91 Å². The molecule has 1 atom stereocenters. The molecule has 1 unspecified atom stereocenters. The fourth-order valence-electron chi connectivity index (χ4n) is 2.83. The van der Waals surface area contributed by atoms with E-state index in [0.29, 0.717) is 11.5 Å². The maximum Gasteiger partial charge on any atom is 0.257 e. The smallest absolute Gasteiger partial charge is 0.257 e. The summed E-state index contributed by atoms with van der Waals surface area (Å²) in [7, 11) is 1.67. The molecule has 5 nitrogen and oxygen atoms in total. The maximum absolute atomic E-state index is 12.2. The molecule has 1 aromatic heterocycles. The zero-order valence-corrected chi connectivity index (χ0v) is 12.1. The van der Waals surface area contributed by atoms with E-state index in [9.17, 15) is 4.79 Å². The molecule has 0 bridgehead atoms. The van der Waals surface area contributed by atoms with E-state index in [1.807, 2.05) is 17.0 Å². The van der Waals surface area contributed by atoms with Gasteiger partial charge in [-0.15, -0.1) is 0 Å². The monoisotopic (exact) mass is 285 g/mol. The molecule has 0 radical (unpaired) electrons. The van der Waals surface area contributed by atoms with E-state index in [0.717, 1.165) is 31.7 Å². The Morgan fingerprint density at radius 1 is 1.43 bits per heavy atom. The Hall–Kier alpha value is -2.30. The standard InChI is InChI=1S/C16H19N3O2/c1-21-15-4-2-12(3-5-15)8-13-6-7-19(11-13)16(20)14-9-17-18-10-14/h2-5,9-10,13H,6-8,11H2,1H3,(H,17,18). The highest BCUT2D eigenvalue weighted by molar-refractivity contribution is 5.93. The predicted molar refractivity (Wildman–Crippen MR) is 79.3 cm³/mol. The van der Waals surface area contributed by atoms with Gasteiger partial charge in [0.15, 0.2) is 0 Å². The molecule has 1 saturated heterocycles. The summed E-state index contributed by atoms with van der Waals surface area (Å²) >= 11 is 0. The van der Waals surface area contributed by atoms with Crippen LogP contribution >= 0.6 is 0 Å². The number of aromatic nitrogens is 2. The minimum atomic E-state index is 0.0704. The van der Waals surface area contributed by atoms with E-state index in [1.165, 1.54) is 5.56 Å². The van der Waals surface area contributed by atoms with Crippen molar-refractivity contribution < 1.29 is 9.53 Å².